The molecule has 0 amide bonds. The SMILES string of the molecule is CCCCCC(=O)C1=C(O)C(C=O)N(c2ccc(CN)cc2)C1C1CCCCC1. The van der Waals surface area contributed by atoms with Crippen molar-refractivity contribution in [2.45, 2.75) is 83.3 Å². The highest BCUT2D eigenvalue weighted by Gasteiger charge is 2.46. The van der Waals surface area contributed by atoms with Crippen LogP contribution in [0.15, 0.2) is 35.6 Å². The van der Waals surface area contributed by atoms with Crippen molar-refractivity contribution in [1.29, 1.82) is 0 Å². The quantitative estimate of drug-likeness (QED) is 0.474. The number of Topliss-reactive ketones (excluding diaryl/α,β-unsaturated/α-hetero) is 1. The predicted molar refractivity (Wildman–Crippen MR) is 116 cm³/mol. The third-order valence-corrected chi connectivity index (χ3v) is 6.45. The summed E-state index contributed by atoms with van der Waals surface area (Å²) >= 11 is 0. The van der Waals surface area contributed by atoms with Crippen LogP contribution in [0.5, 0.6) is 0 Å². The molecule has 1 aliphatic carbocycles. The molecule has 1 aliphatic heterocycles. The van der Waals surface area contributed by atoms with Crippen molar-refractivity contribution in [3.05, 3.63) is 41.2 Å². The lowest BCUT2D eigenvalue weighted by molar-refractivity contribution is -0.116. The number of carbonyl (C=O) groups excluding carboxylic acids is 2. The molecule has 158 valence electrons. The number of rotatable bonds is 9. The van der Waals surface area contributed by atoms with Crippen LogP contribution in [0.4, 0.5) is 5.69 Å². The van der Waals surface area contributed by atoms with Gasteiger partial charge >= 0.3 is 0 Å². The molecule has 5 nitrogen and oxygen atoms in total. The molecule has 1 aromatic carbocycles. The molecule has 0 aromatic heterocycles. The van der Waals surface area contributed by atoms with Gasteiger partial charge in [-0.05, 0) is 42.9 Å². The second-order valence-corrected chi connectivity index (χ2v) is 8.38. The van der Waals surface area contributed by atoms with Gasteiger partial charge in [0.25, 0.3) is 0 Å². The fraction of sp³-hybridized carbons (Fsp3) is 0.583. The third kappa shape index (κ3) is 4.55. The summed E-state index contributed by atoms with van der Waals surface area (Å²) in [5.74, 6) is 0.231. The Morgan fingerprint density at radius 2 is 1.86 bits per heavy atom. The molecule has 0 spiro atoms. The molecule has 0 radical (unpaired) electrons. The Morgan fingerprint density at radius 1 is 1.17 bits per heavy atom. The number of aliphatic hydroxyl groups excluding tert-OH is 1. The molecule has 0 bridgehead atoms. The summed E-state index contributed by atoms with van der Waals surface area (Å²) < 4.78 is 0. The van der Waals surface area contributed by atoms with Crippen LogP contribution in [0.2, 0.25) is 0 Å². The zero-order valence-corrected chi connectivity index (χ0v) is 17.5. The number of unbranched alkanes of at least 4 members (excludes halogenated alkanes) is 2. The largest absolute Gasteiger partial charge is 0.509 e. The number of benzene rings is 1. The second kappa shape index (κ2) is 10.1. The second-order valence-electron chi connectivity index (χ2n) is 8.38. The first-order valence-corrected chi connectivity index (χ1v) is 11.1. The minimum absolute atomic E-state index is 0.000508. The summed E-state index contributed by atoms with van der Waals surface area (Å²) in [6.07, 6.45) is 9.57. The van der Waals surface area contributed by atoms with Gasteiger partial charge < -0.3 is 20.5 Å². The number of hydrogen-bond donors (Lipinski definition) is 2. The summed E-state index contributed by atoms with van der Waals surface area (Å²) in [4.78, 5) is 27.1. The van der Waals surface area contributed by atoms with Crippen LogP contribution in [0, 0.1) is 5.92 Å². The number of aliphatic hydroxyl groups is 1. The maximum absolute atomic E-state index is 13.1. The van der Waals surface area contributed by atoms with E-state index in [1.54, 1.807) is 0 Å². The number of carbonyl (C=O) groups is 2. The molecular weight excluding hydrogens is 364 g/mol. The van der Waals surface area contributed by atoms with Crippen molar-refractivity contribution in [2.75, 3.05) is 4.90 Å². The molecule has 5 heteroatoms. The van der Waals surface area contributed by atoms with E-state index < -0.39 is 6.04 Å². The van der Waals surface area contributed by atoms with E-state index in [4.69, 9.17) is 5.73 Å². The Bertz CT molecular complexity index is 735. The number of anilines is 1. The lowest BCUT2D eigenvalue weighted by Gasteiger charge is -2.38. The topological polar surface area (TPSA) is 83.6 Å². The van der Waals surface area contributed by atoms with Crippen molar-refractivity contribution >= 4 is 17.8 Å². The standard InChI is InChI=1S/C24H34N2O3/c1-2-3-5-10-21(28)22-23(18-8-6-4-7-9-18)26(20(16-27)24(22)29)19-13-11-17(15-25)12-14-19/h11-14,16,18,20,23,29H,2-10,15,25H2,1H3. The maximum Gasteiger partial charge on any atom is 0.164 e. The Morgan fingerprint density at radius 3 is 2.45 bits per heavy atom. The van der Waals surface area contributed by atoms with E-state index in [-0.39, 0.29) is 23.5 Å². The zero-order valence-electron chi connectivity index (χ0n) is 17.5. The Hall–Kier alpha value is -2.14. The lowest BCUT2D eigenvalue weighted by atomic mass is 9.79. The van der Waals surface area contributed by atoms with E-state index in [1.165, 1.54) is 6.42 Å². The lowest BCUT2D eigenvalue weighted by Crippen LogP contribution is -2.45. The smallest absolute Gasteiger partial charge is 0.164 e. The van der Waals surface area contributed by atoms with Gasteiger partial charge in [0, 0.05) is 18.7 Å². The Balaban J connectivity index is 1.98. The van der Waals surface area contributed by atoms with Crippen LogP contribution in [0.3, 0.4) is 0 Å². The average molecular weight is 399 g/mol. The fourth-order valence-electron chi connectivity index (χ4n) is 4.90. The van der Waals surface area contributed by atoms with Gasteiger partial charge in [-0.1, -0.05) is 51.2 Å². The van der Waals surface area contributed by atoms with E-state index in [2.05, 4.69) is 6.92 Å². The Kier molecular flexibility index (Phi) is 7.48. The van der Waals surface area contributed by atoms with Gasteiger partial charge in [0.1, 0.15) is 18.1 Å². The number of nitrogens with two attached hydrogens (primary N) is 1. The van der Waals surface area contributed by atoms with Gasteiger partial charge in [0.15, 0.2) is 5.78 Å². The van der Waals surface area contributed by atoms with E-state index in [0.717, 1.165) is 62.5 Å². The van der Waals surface area contributed by atoms with Crippen LogP contribution in [-0.4, -0.2) is 29.3 Å². The van der Waals surface area contributed by atoms with Gasteiger partial charge in [-0.2, -0.15) is 0 Å². The van der Waals surface area contributed by atoms with Crippen LogP contribution >= 0.6 is 0 Å². The summed E-state index contributed by atoms with van der Waals surface area (Å²) in [5.41, 5.74) is 8.08. The van der Waals surface area contributed by atoms with Gasteiger partial charge in [-0.3, -0.25) is 4.79 Å². The average Bonchev–Trinajstić information content (AvgIpc) is 3.06. The predicted octanol–water partition coefficient (Wildman–Crippen LogP) is 4.44. The molecule has 29 heavy (non-hydrogen) atoms. The van der Waals surface area contributed by atoms with Gasteiger partial charge in [0.2, 0.25) is 0 Å². The summed E-state index contributed by atoms with van der Waals surface area (Å²) in [7, 11) is 0. The summed E-state index contributed by atoms with van der Waals surface area (Å²) in [5, 5.41) is 11.0. The molecule has 1 saturated carbocycles. The third-order valence-electron chi connectivity index (χ3n) is 6.45. The molecule has 2 unspecified atom stereocenters. The molecule has 1 heterocycles. The van der Waals surface area contributed by atoms with Gasteiger partial charge in [-0.15, -0.1) is 0 Å². The molecule has 2 atom stereocenters. The van der Waals surface area contributed by atoms with Gasteiger partial charge in [-0.25, -0.2) is 0 Å². The Labute approximate surface area is 174 Å². The highest BCUT2D eigenvalue weighted by atomic mass is 16.3. The monoisotopic (exact) mass is 398 g/mol. The summed E-state index contributed by atoms with van der Waals surface area (Å²) in [6.45, 7) is 2.56. The molecule has 3 N–H and O–H groups in total. The fourth-order valence-corrected chi connectivity index (χ4v) is 4.90. The minimum atomic E-state index is -0.796. The molecular formula is C24H34N2O3. The van der Waals surface area contributed by atoms with E-state index in [0.29, 0.717) is 18.5 Å². The number of hydrogen-bond acceptors (Lipinski definition) is 5. The highest BCUT2D eigenvalue weighted by molar-refractivity contribution is 6.00. The van der Waals surface area contributed by atoms with Crippen molar-refractivity contribution in [1.82, 2.24) is 0 Å². The molecule has 1 fully saturated rings. The van der Waals surface area contributed by atoms with Crippen LogP contribution in [0.1, 0.15) is 70.3 Å². The normalized spacial score (nSPS) is 22.9. The first-order chi connectivity index (χ1) is 14.1. The molecule has 1 aromatic rings. The zero-order chi connectivity index (χ0) is 20.8. The molecule has 2 aliphatic rings. The highest BCUT2D eigenvalue weighted by Crippen LogP contribution is 2.42. The van der Waals surface area contributed by atoms with Crippen LogP contribution in [0.25, 0.3) is 0 Å². The first-order valence-electron chi connectivity index (χ1n) is 11.1. The van der Waals surface area contributed by atoms with Crippen molar-refractivity contribution < 1.29 is 14.7 Å². The van der Waals surface area contributed by atoms with Crippen LogP contribution in [-0.2, 0) is 16.1 Å². The van der Waals surface area contributed by atoms with E-state index >= 15 is 0 Å². The molecule has 3 rings (SSSR count). The van der Waals surface area contributed by atoms with Crippen LogP contribution < -0.4 is 10.6 Å². The first kappa shape index (κ1) is 21.6. The summed E-state index contributed by atoms with van der Waals surface area (Å²) in [6, 6.07) is 6.78. The van der Waals surface area contributed by atoms with Crippen molar-refractivity contribution in [3.8, 4) is 0 Å². The van der Waals surface area contributed by atoms with Crippen molar-refractivity contribution in [3.63, 3.8) is 0 Å². The molecule has 0 saturated heterocycles. The minimum Gasteiger partial charge on any atom is -0.509 e. The maximum atomic E-state index is 13.1. The number of aldehydes is 1. The van der Waals surface area contributed by atoms with Gasteiger partial charge in [0.05, 0.1) is 11.6 Å². The number of ketones is 1. The van der Waals surface area contributed by atoms with E-state index in [9.17, 15) is 14.7 Å². The van der Waals surface area contributed by atoms with Crippen molar-refractivity contribution in [2.24, 2.45) is 11.7 Å². The van der Waals surface area contributed by atoms with E-state index in [1.807, 2.05) is 29.2 Å². The number of nitrogens with zero attached hydrogens (tertiary/aromatic N) is 1.